The van der Waals surface area contributed by atoms with Gasteiger partial charge in [0.15, 0.2) is 17.5 Å². The van der Waals surface area contributed by atoms with Gasteiger partial charge in [-0.3, -0.25) is 0 Å². The predicted molar refractivity (Wildman–Crippen MR) is 237 cm³/mol. The van der Waals surface area contributed by atoms with Crippen molar-refractivity contribution in [3.05, 3.63) is 191 Å². The fraction of sp³-hybridized carbons (Fsp3) is 0.0377. The molecule has 59 heavy (non-hydrogen) atoms. The SMILES string of the molecule is N#Cc1cc(C#N)cc(-n2c3c(c4ccccc42)=CC(c2cc(-c4nc(-c5ccccc5)nc(-c5ccccc5)n4)c4c5ccccc5c5ccccc5c4c2)CC=3)c1. The Kier molecular flexibility index (Phi) is 7.96. The molecular formula is C53H32N6. The van der Waals surface area contributed by atoms with Crippen molar-refractivity contribution >= 4 is 55.4 Å². The molecule has 0 N–H and O–H groups in total. The molecule has 274 valence electrons. The van der Waals surface area contributed by atoms with Crippen molar-refractivity contribution in [1.82, 2.24) is 19.5 Å². The van der Waals surface area contributed by atoms with E-state index in [4.69, 9.17) is 15.0 Å². The summed E-state index contributed by atoms with van der Waals surface area (Å²) < 4.78 is 2.19. The Morgan fingerprint density at radius 1 is 0.508 bits per heavy atom. The number of nitriles is 2. The van der Waals surface area contributed by atoms with Crippen LogP contribution in [-0.4, -0.2) is 19.5 Å². The molecule has 6 heteroatoms. The van der Waals surface area contributed by atoms with Gasteiger partial charge in [0.1, 0.15) is 0 Å². The maximum atomic E-state index is 9.85. The quantitative estimate of drug-likeness (QED) is 0.163. The third-order valence-electron chi connectivity index (χ3n) is 11.6. The highest BCUT2D eigenvalue weighted by Crippen LogP contribution is 2.43. The lowest BCUT2D eigenvalue weighted by Gasteiger charge is -2.20. The molecule has 0 aliphatic heterocycles. The average molecular weight is 753 g/mol. The fourth-order valence-electron chi connectivity index (χ4n) is 8.92. The van der Waals surface area contributed by atoms with Crippen LogP contribution < -0.4 is 10.6 Å². The van der Waals surface area contributed by atoms with Gasteiger partial charge in [-0.2, -0.15) is 10.5 Å². The summed E-state index contributed by atoms with van der Waals surface area (Å²) in [5, 5.41) is 29.9. The standard InChI is InChI=1S/C53H32N6/c54-31-33-25-34(32-55)27-39(26-33)59-48-22-12-11-20-43(48)45-28-37(23-24-49(45)59)38-29-46-42-19-8-7-17-40(42)41-18-9-10-21-44(41)50(46)47(30-38)53-57-51(35-13-3-1-4-14-35)56-52(58-53)36-15-5-2-6-16-36/h1-22,24-30,37H,23H2. The van der Waals surface area contributed by atoms with E-state index in [1.165, 1.54) is 16.2 Å². The van der Waals surface area contributed by atoms with Crippen LogP contribution in [0.15, 0.2) is 164 Å². The number of para-hydroxylation sites is 1. The molecule has 2 aromatic heterocycles. The number of nitrogens with zero attached hydrogens (tertiary/aromatic N) is 6. The normalized spacial score (nSPS) is 13.4. The zero-order valence-corrected chi connectivity index (χ0v) is 31.7. The summed E-state index contributed by atoms with van der Waals surface area (Å²) in [5.74, 6) is 1.88. The second kappa shape index (κ2) is 13.8. The first-order valence-corrected chi connectivity index (χ1v) is 19.7. The number of hydrogen-bond acceptors (Lipinski definition) is 5. The summed E-state index contributed by atoms with van der Waals surface area (Å²) in [7, 11) is 0. The first-order valence-electron chi connectivity index (χ1n) is 19.7. The van der Waals surface area contributed by atoms with Gasteiger partial charge in [-0.1, -0.05) is 140 Å². The molecule has 10 aromatic rings. The summed E-state index contributed by atoms with van der Waals surface area (Å²) in [4.78, 5) is 15.6. The van der Waals surface area contributed by atoms with Crippen LogP contribution >= 0.6 is 0 Å². The molecule has 0 bridgehead atoms. The molecule has 0 amide bonds. The van der Waals surface area contributed by atoms with Crippen LogP contribution in [0.1, 0.15) is 29.0 Å². The van der Waals surface area contributed by atoms with Crippen molar-refractivity contribution in [2.45, 2.75) is 12.3 Å². The maximum Gasteiger partial charge on any atom is 0.164 e. The third-order valence-corrected chi connectivity index (χ3v) is 11.6. The minimum Gasteiger partial charge on any atom is -0.309 e. The second-order valence-electron chi connectivity index (χ2n) is 15.0. The predicted octanol–water partition coefficient (Wildman–Crippen LogP) is 10.8. The molecule has 1 aliphatic carbocycles. The van der Waals surface area contributed by atoms with Crippen LogP contribution in [-0.2, 0) is 0 Å². The van der Waals surface area contributed by atoms with E-state index in [-0.39, 0.29) is 5.92 Å². The number of benzene rings is 8. The smallest absolute Gasteiger partial charge is 0.164 e. The molecule has 2 heterocycles. The Balaban J connectivity index is 1.20. The zero-order chi connectivity index (χ0) is 39.5. The van der Waals surface area contributed by atoms with Crippen LogP contribution in [0.25, 0.3) is 95.2 Å². The molecule has 0 saturated heterocycles. The van der Waals surface area contributed by atoms with Gasteiger partial charge in [0.2, 0.25) is 0 Å². The third kappa shape index (κ3) is 5.66. The first kappa shape index (κ1) is 34.1. The van der Waals surface area contributed by atoms with Crippen LogP contribution in [0, 0.1) is 22.7 Å². The Labute approximate surface area is 339 Å². The van der Waals surface area contributed by atoms with E-state index in [9.17, 15) is 10.5 Å². The molecular weight excluding hydrogens is 721 g/mol. The minimum atomic E-state index is 0.0271. The van der Waals surface area contributed by atoms with Gasteiger partial charge < -0.3 is 4.57 Å². The van der Waals surface area contributed by atoms with Crippen molar-refractivity contribution in [3.8, 4) is 52.0 Å². The highest BCUT2D eigenvalue weighted by molar-refractivity contribution is 6.28. The van der Waals surface area contributed by atoms with E-state index in [1.54, 1.807) is 6.07 Å². The molecule has 0 spiro atoms. The Morgan fingerprint density at radius 3 is 1.66 bits per heavy atom. The number of aromatic nitrogens is 4. The van der Waals surface area contributed by atoms with E-state index < -0.39 is 0 Å². The number of rotatable bonds is 5. The maximum absolute atomic E-state index is 9.85. The van der Waals surface area contributed by atoms with E-state index in [2.05, 4.69) is 108 Å². The Hall–Kier alpha value is -8.19. The highest BCUT2D eigenvalue weighted by atomic mass is 15.0. The monoisotopic (exact) mass is 752 g/mol. The summed E-state index contributed by atoms with van der Waals surface area (Å²) >= 11 is 0. The van der Waals surface area contributed by atoms with Gasteiger partial charge in [-0.05, 0) is 75.3 Å². The Bertz CT molecular complexity index is 3470. The minimum absolute atomic E-state index is 0.0271. The van der Waals surface area contributed by atoms with E-state index in [0.717, 1.165) is 72.0 Å². The lowest BCUT2D eigenvalue weighted by Crippen LogP contribution is -2.31. The summed E-state index contributed by atoms with van der Waals surface area (Å²) in [6.07, 6.45) is 5.43. The average Bonchev–Trinajstić information content (AvgIpc) is 3.65. The topological polar surface area (TPSA) is 91.2 Å². The largest absolute Gasteiger partial charge is 0.309 e. The van der Waals surface area contributed by atoms with Crippen molar-refractivity contribution in [1.29, 1.82) is 10.5 Å². The Morgan fingerprint density at radius 2 is 1.03 bits per heavy atom. The molecule has 1 aliphatic rings. The molecule has 0 fully saturated rings. The first-order chi connectivity index (χ1) is 29.1. The summed E-state index contributed by atoms with van der Waals surface area (Å²) in [6.45, 7) is 0. The second-order valence-corrected chi connectivity index (χ2v) is 15.0. The molecule has 0 radical (unpaired) electrons. The van der Waals surface area contributed by atoms with E-state index in [0.29, 0.717) is 28.6 Å². The van der Waals surface area contributed by atoms with Crippen molar-refractivity contribution < 1.29 is 0 Å². The van der Waals surface area contributed by atoms with Gasteiger partial charge >= 0.3 is 0 Å². The van der Waals surface area contributed by atoms with Crippen molar-refractivity contribution in [2.24, 2.45) is 0 Å². The molecule has 11 rings (SSSR count). The lowest BCUT2D eigenvalue weighted by molar-refractivity contribution is 0.908. The zero-order valence-electron chi connectivity index (χ0n) is 31.7. The van der Waals surface area contributed by atoms with Gasteiger partial charge in [0, 0.05) is 49.6 Å². The van der Waals surface area contributed by atoms with Gasteiger partial charge in [-0.25, -0.2) is 15.0 Å². The van der Waals surface area contributed by atoms with Crippen LogP contribution in [0.3, 0.4) is 0 Å². The van der Waals surface area contributed by atoms with Crippen LogP contribution in [0.4, 0.5) is 0 Å². The molecule has 1 unspecified atom stereocenters. The van der Waals surface area contributed by atoms with E-state index in [1.807, 2.05) is 78.9 Å². The fourth-order valence-corrected chi connectivity index (χ4v) is 8.92. The van der Waals surface area contributed by atoms with Gasteiger partial charge in [0.25, 0.3) is 0 Å². The van der Waals surface area contributed by atoms with Crippen molar-refractivity contribution in [2.75, 3.05) is 0 Å². The molecule has 1 atom stereocenters. The molecule has 0 saturated carbocycles. The van der Waals surface area contributed by atoms with Gasteiger partial charge in [0.05, 0.1) is 28.8 Å². The van der Waals surface area contributed by atoms with Crippen LogP contribution in [0.2, 0.25) is 0 Å². The van der Waals surface area contributed by atoms with E-state index >= 15 is 0 Å². The molecule has 8 aromatic carbocycles. The highest BCUT2D eigenvalue weighted by Gasteiger charge is 2.23. The van der Waals surface area contributed by atoms with Crippen molar-refractivity contribution in [3.63, 3.8) is 0 Å². The van der Waals surface area contributed by atoms with Gasteiger partial charge in [-0.15, -0.1) is 0 Å². The number of hydrogen-bond donors (Lipinski definition) is 0. The summed E-state index contributed by atoms with van der Waals surface area (Å²) in [5.41, 5.74) is 6.68. The lowest BCUT2D eigenvalue weighted by atomic mass is 9.85. The molecule has 6 nitrogen and oxygen atoms in total. The van der Waals surface area contributed by atoms with Crippen LogP contribution in [0.5, 0.6) is 0 Å². The summed E-state index contributed by atoms with van der Waals surface area (Å²) in [6, 6.07) is 60.5. The number of fused-ring (bicyclic) bond motifs is 9.